The third kappa shape index (κ3) is 3.81. The van der Waals surface area contributed by atoms with Gasteiger partial charge in [-0.1, -0.05) is 48.5 Å². The van der Waals surface area contributed by atoms with Gasteiger partial charge in [0.15, 0.2) is 0 Å². The number of nitrogens with zero attached hydrogens (tertiary/aromatic N) is 3. The molecule has 2 aromatic carbocycles. The molecule has 0 amide bonds. The third-order valence-corrected chi connectivity index (χ3v) is 4.26. The lowest BCUT2D eigenvalue weighted by Crippen LogP contribution is -2.30. The molecule has 1 aromatic heterocycles. The highest BCUT2D eigenvalue weighted by atomic mass is 16.1. The number of rotatable bonds is 6. The number of benzene rings is 2. The van der Waals surface area contributed by atoms with Gasteiger partial charge in [-0.05, 0) is 37.5 Å². The van der Waals surface area contributed by atoms with Gasteiger partial charge in [-0.3, -0.25) is 9.99 Å². The molecule has 26 heavy (non-hydrogen) atoms. The van der Waals surface area contributed by atoms with Gasteiger partial charge >= 0.3 is 5.69 Å². The summed E-state index contributed by atoms with van der Waals surface area (Å²) in [7, 11) is 0. The van der Waals surface area contributed by atoms with Crippen LogP contribution in [0, 0.1) is 13.8 Å². The van der Waals surface area contributed by atoms with E-state index in [2.05, 4.69) is 20.8 Å². The summed E-state index contributed by atoms with van der Waals surface area (Å²) in [5.74, 6) is 0.903. The number of aromatic nitrogens is 3. The van der Waals surface area contributed by atoms with Gasteiger partial charge in [-0.25, -0.2) is 10.2 Å². The maximum Gasteiger partial charge on any atom is 0.352 e. The van der Waals surface area contributed by atoms with Crippen molar-refractivity contribution in [3.05, 3.63) is 75.7 Å². The summed E-state index contributed by atoms with van der Waals surface area (Å²) in [5.41, 5.74) is 9.95. The van der Waals surface area contributed by atoms with Crippen LogP contribution in [-0.2, 0) is 13.1 Å². The summed E-state index contributed by atoms with van der Waals surface area (Å²) >= 11 is 0. The van der Waals surface area contributed by atoms with E-state index in [1.165, 1.54) is 0 Å². The van der Waals surface area contributed by atoms with Gasteiger partial charge in [0.1, 0.15) is 5.82 Å². The Bertz CT molecular complexity index is 930. The predicted molar refractivity (Wildman–Crippen MR) is 104 cm³/mol. The minimum Gasteiger partial charge on any atom is -0.289 e. The van der Waals surface area contributed by atoms with E-state index in [1.807, 2.05) is 69.3 Å². The first-order chi connectivity index (χ1) is 12.6. The van der Waals surface area contributed by atoms with E-state index in [9.17, 15) is 4.79 Å². The number of hydrazine groups is 1. The van der Waals surface area contributed by atoms with E-state index in [-0.39, 0.29) is 11.6 Å². The van der Waals surface area contributed by atoms with Crippen molar-refractivity contribution in [1.29, 1.82) is 0 Å². The maximum absolute atomic E-state index is 12.5. The molecule has 0 atom stereocenters. The quantitative estimate of drug-likeness (QED) is 0.669. The average molecular weight is 349 g/mol. The van der Waals surface area contributed by atoms with E-state index >= 15 is 0 Å². The van der Waals surface area contributed by atoms with Crippen LogP contribution in [0.2, 0.25) is 0 Å². The van der Waals surface area contributed by atoms with Gasteiger partial charge < -0.3 is 0 Å². The van der Waals surface area contributed by atoms with Crippen molar-refractivity contribution in [2.75, 3.05) is 5.43 Å². The molecular weight excluding hydrogens is 326 g/mol. The molecule has 0 saturated heterocycles. The Hall–Kier alpha value is -2.99. The summed E-state index contributed by atoms with van der Waals surface area (Å²) in [6, 6.07) is 16.0. The molecule has 2 N–H and O–H groups in total. The second-order valence-corrected chi connectivity index (χ2v) is 6.13. The Balaban J connectivity index is 1.91. The van der Waals surface area contributed by atoms with Crippen molar-refractivity contribution in [3.8, 4) is 11.4 Å². The Kier molecular flexibility index (Phi) is 5.43. The molecule has 3 aromatic rings. The molecule has 0 unspecified atom stereocenters. The lowest BCUT2D eigenvalue weighted by Gasteiger charge is -2.15. The highest BCUT2D eigenvalue weighted by Gasteiger charge is 2.15. The predicted octanol–water partition coefficient (Wildman–Crippen LogP) is 3.06. The summed E-state index contributed by atoms with van der Waals surface area (Å²) in [5, 5.41) is 0. The topological polar surface area (TPSA) is 71.8 Å². The Morgan fingerprint density at radius 1 is 0.962 bits per heavy atom. The fourth-order valence-electron chi connectivity index (χ4n) is 2.95. The smallest absolute Gasteiger partial charge is 0.289 e. The highest BCUT2D eigenvalue weighted by molar-refractivity contribution is 5.65. The average Bonchev–Trinajstić information content (AvgIpc) is 2.62. The van der Waals surface area contributed by atoms with Gasteiger partial charge in [0.05, 0.1) is 0 Å². The van der Waals surface area contributed by atoms with E-state index in [0.717, 1.165) is 22.3 Å². The monoisotopic (exact) mass is 349 g/mol. The summed E-state index contributed by atoms with van der Waals surface area (Å²) in [6.45, 7) is 7.08. The number of aryl methyl sites for hydroxylation is 2. The van der Waals surface area contributed by atoms with Crippen molar-refractivity contribution in [2.24, 2.45) is 0 Å². The third-order valence-electron chi connectivity index (χ3n) is 4.26. The molecule has 0 aliphatic rings. The SMILES string of the molecule is CCn1c(-c2c(C)cccc2C)nc(NNCc2ccccc2)nc1=O. The maximum atomic E-state index is 12.5. The van der Waals surface area contributed by atoms with Crippen LogP contribution >= 0.6 is 0 Å². The van der Waals surface area contributed by atoms with Crippen molar-refractivity contribution < 1.29 is 0 Å². The minimum absolute atomic E-state index is 0.272. The zero-order chi connectivity index (χ0) is 18.5. The van der Waals surface area contributed by atoms with Crippen LogP contribution in [0.5, 0.6) is 0 Å². The minimum atomic E-state index is -0.316. The van der Waals surface area contributed by atoms with Crippen LogP contribution in [0.15, 0.2) is 53.3 Å². The van der Waals surface area contributed by atoms with Gasteiger partial charge in [-0.2, -0.15) is 9.97 Å². The van der Waals surface area contributed by atoms with Crippen LogP contribution in [0.25, 0.3) is 11.4 Å². The zero-order valence-corrected chi connectivity index (χ0v) is 15.3. The first-order valence-corrected chi connectivity index (χ1v) is 8.68. The first-order valence-electron chi connectivity index (χ1n) is 8.68. The Morgan fingerprint density at radius 2 is 1.65 bits per heavy atom. The first kappa shape index (κ1) is 17.8. The van der Waals surface area contributed by atoms with Gasteiger partial charge in [-0.15, -0.1) is 0 Å². The second kappa shape index (κ2) is 7.93. The van der Waals surface area contributed by atoms with E-state index < -0.39 is 0 Å². The molecule has 0 aliphatic carbocycles. The largest absolute Gasteiger partial charge is 0.352 e. The highest BCUT2D eigenvalue weighted by Crippen LogP contribution is 2.25. The Morgan fingerprint density at radius 3 is 2.31 bits per heavy atom. The van der Waals surface area contributed by atoms with Crippen molar-refractivity contribution in [2.45, 2.75) is 33.9 Å². The molecule has 0 spiro atoms. The van der Waals surface area contributed by atoms with Gasteiger partial charge in [0.25, 0.3) is 0 Å². The molecular formula is C20H23N5O. The van der Waals surface area contributed by atoms with Crippen LogP contribution in [0.1, 0.15) is 23.6 Å². The lowest BCUT2D eigenvalue weighted by molar-refractivity contribution is 0.678. The fourth-order valence-corrected chi connectivity index (χ4v) is 2.95. The molecule has 1 heterocycles. The van der Waals surface area contributed by atoms with Gasteiger partial charge in [0.2, 0.25) is 5.95 Å². The molecule has 6 nitrogen and oxygen atoms in total. The zero-order valence-electron chi connectivity index (χ0n) is 15.3. The fraction of sp³-hybridized carbons (Fsp3) is 0.250. The number of anilines is 1. The van der Waals surface area contributed by atoms with Crippen LogP contribution < -0.4 is 16.5 Å². The van der Waals surface area contributed by atoms with E-state index in [1.54, 1.807) is 4.57 Å². The second-order valence-electron chi connectivity index (χ2n) is 6.13. The van der Waals surface area contributed by atoms with Crippen LogP contribution in [0.4, 0.5) is 5.95 Å². The molecule has 0 fully saturated rings. The summed E-state index contributed by atoms with van der Waals surface area (Å²) < 4.78 is 1.59. The molecule has 134 valence electrons. The number of nitrogens with one attached hydrogen (secondary N) is 2. The molecule has 6 heteroatoms. The number of hydrogen-bond acceptors (Lipinski definition) is 5. The van der Waals surface area contributed by atoms with E-state index in [4.69, 9.17) is 0 Å². The summed E-state index contributed by atoms with van der Waals surface area (Å²) in [6.07, 6.45) is 0. The summed E-state index contributed by atoms with van der Waals surface area (Å²) in [4.78, 5) is 21.1. The molecule has 3 rings (SSSR count). The molecule has 0 radical (unpaired) electrons. The van der Waals surface area contributed by atoms with Gasteiger partial charge in [0, 0.05) is 18.7 Å². The molecule has 0 bridgehead atoms. The number of hydrogen-bond donors (Lipinski definition) is 2. The normalized spacial score (nSPS) is 10.7. The molecule has 0 saturated carbocycles. The van der Waals surface area contributed by atoms with Crippen molar-refractivity contribution >= 4 is 5.95 Å². The van der Waals surface area contributed by atoms with Crippen molar-refractivity contribution in [3.63, 3.8) is 0 Å². The molecule has 0 aliphatic heterocycles. The Labute approximate surface area is 152 Å². The lowest BCUT2D eigenvalue weighted by atomic mass is 10.0. The van der Waals surface area contributed by atoms with Crippen molar-refractivity contribution in [1.82, 2.24) is 20.0 Å². The van der Waals surface area contributed by atoms with Crippen LogP contribution in [0.3, 0.4) is 0 Å². The van der Waals surface area contributed by atoms with E-state index in [0.29, 0.717) is 18.9 Å². The standard InChI is InChI=1S/C20H23N5O/c1-4-25-18(17-14(2)9-8-10-15(17)3)22-19(23-20(25)26)24-21-13-16-11-6-5-7-12-16/h5-12,21H,4,13H2,1-3H3,(H,23,24,26). The van der Waals surface area contributed by atoms with Crippen LogP contribution in [-0.4, -0.2) is 14.5 Å².